The number of nitrogens with one attached hydrogen (secondary N) is 1. The van der Waals surface area contributed by atoms with Crippen molar-refractivity contribution in [3.63, 3.8) is 0 Å². The summed E-state index contributed by atoms with van der Waals surface area (Å²) < 4.78 is 3.11. The van der Waals surface area contributed by atoms with Crippen molar-refractivity contribution in [2.75, 3.05) is 0 Å². The van der Waals surface area contributed by atoms with E-state index in [4.69, 9.17) is 0 Å². The maximum atomic E-state index is 12.2. The zero-order chi connectivity index (χ0) is 15.4. The topological polar surface area (TPSA) is 118 Å². The molecular weight excluding hydrogens is 288 g/mol. The van der Waals surface area contributed by atoms with E-state index in [0.29, 0.717) is 28.5 Å². The third-order valence-corrected chi connectivity index (χ3v) is 3.63. The Hall–Kier alpha value is -3.23. The second-order valence-electron chi connectivity index (χ2n) is 4.80. The van der Waals surface area contributed by atoms with Crippen molar-refractivity contribution in [3.05, 3.63) is 34.5 Å². The van der Waals surface area contributed by atoms with Gasteiger partial charge in [-0.2, -0.15) is 10.2 Å². The van der Waals surface area contributed by atoms with E-state index in [1.165, 1.54) is 16.9 Å². The van der Waals surface area contributed by atoms with E-state index in [-0.39, 0.29) is 11.2 Å². The first-order chi connectivity index (χ1) is 10.6. The minimum absolute atomic E-state index is 0.0631. The number of aryl methyl sites for hydroxylation is 1. The van der Waals surface area contributed by atoms with Gasteiger partial charge in [0.05, 0.1) is 28.7 Å². The summed E-state index contributed by atoms with van der Waals surface area (Å²) in [6.07, 6.45) is 4.27. The van der Waals surface area contributed by atoms with Gasteiger partial charge in [0.1, 0.15) is 5.56 Å². The highest BCUT2D eigenvalue weighted by molar-refractivity contribution is 6.03. The van der Waals surface area contributed by atoms with Crippen LogP contribution in [0.15, 0.2) is 23.4 Å². The van der Waals surface area contributed by atoms with Crippen molar-refractivity contribution in [2.45, 2.75) is 13.5 Å². The van der Waals surface area contributed by atoms with Crippen LogP contribution in [0.3, 0.4) is 0 Å². The zero-order valence-electron chi connectivity index (χ0n) is 11.4. The maximum absolute atomic E-state index is 12.2. The molecular formula is C13H10N6O3. The van der Waals surface area contributed by atoms with Crippen LogP contribution in [-0.4, -0.2) is 40.4 Å². The molecule has 0 aliphatic heterocycles. The molecule has 22 heavy (non-hydrogen) atoms. The molecule has 4 heterocycles. The molecule has 0 bridgehead atoms. The van der Waals surface area contributed by atoms with Crippen LogP contribution in [0.25, 0.3) is 27.6 Å². The van der Waals surface area contributed by atoms with E-state index >= 15 is 0 Å². The molecule has 0 spiro atoms. The van der Waals surface area contributed by atoms with Gasteiger partial charge in [0.25, 0.3) is 5.56 Å². The predicted molar refractivity (Wildman–Crippen MR) is 77.0 cm³/mol. The molecule has 4 aromatic heterocycles. The molecule has 2 N–H and O–H groups in total. The monoisotopic (exact) mass is 298 g/mol. The van der Waals surface area contributed by atoms with Gasteiger partial charge >= 0.3 is 5.97 Å². The lowest BCUT2D eigenvalue weighted by Crippen LogP contribution is -2.12. The molecule has 0 atom stereocenters. The Bertz CT molecular complexity index is 1120. The van der Waals surface area contributed by atoms with Gasteiger partial charge in [0.2, 0.25) is 0 Å². The average molecular weight is 298 g/mol. The molecule has 0 fully saturated rings. The first kappa shape index (κ1) is 12.5. The summed E-state index contributed by atoms with van der Waals surface area (Å²) in [5, 5.41) is 18.5. The Morgan fingerprint density at radius 3 is 2.82 bits per heavy atom. The minimum Gasteiger partial charge on any atom is -0.477 e. The smallest absolute Gasteiger partial charge is 0.341 e. The van der Waals surface area contributed by atoms with Crippen LogP contribution < -0.4 is 5.56 Å². The summed E-state index contributed by atoms with van der Waals surface area (Å²) in [6, 6.07) is 0. The van der Waals surface area contributed by atoms with Gasteiger partial charge in [-0.25, -0.2) is 19.0 Å². The highest BCUT2D eigenvalue weighted by atomic mass is 16.4. The number of aromatic amines is 1. The fraction of sp³-hybridized carbons (Fsp3) is 0.154. The number of hydrogen-bond donors (Lipinski definition) is 2. The summed E-state index contributed by atoms with van der Waals surface area (Å²) in [5.41, 5.74) is 0.781. The Morgan fingerprint density at radius 2 is 2.09 bits per heavy atom. The summed E-state index contributed by atoms with van der Waals surface area (Å²) in [7, 11) is 0. The summed E-state index contributed by atoms with van der Waals surface area (Å²) in [4.78, 5) is 30.3. The number of carbonyl (C=O) groups is 1. The molecule has 4 rings (SSSR count). The molecule has 4 aromatic rings. The van der Waals surface area contributed by atoms with E-state index in [1.54, 1.807) is 10.9 Å². The van der Waals surface area contributed by atoms with Gasteiger partial charge in [0, 0.05) is 12.7 Å². The quantitative estimate of drug-likeness (QED) is 0.560. The second-order valence-corrected chi connectivity index (χ2v) is 4.80. The van der Waals surface area contributed by atoms with Crippen LogP contribution in [0.5, 0.6) is 0 Å². The Kier molecular flexibility index (Phi) is 2.35. The summed E-state index contributed by atoms with van der Waals surface area (Å²) >= 11 is 0. The highest BCUT2D eigenvalue weighted by Gasteiger charge is 2.18. The van der Waals surface area contributed by atoms with Crippen LogP contribution in [0, 0.1) is 0 Å². The lowest BCUT2D eigenvalue weighted by Gasteiger charge is -2.03. The number of aromatic nitrogens is 6. The Morgan fingerprint density at radius 1 is 1.27 bits per heavy atom. The van der Waals surface area contributed by atoms with E-state index in [2.05, 4.69) is 20.2 Å². The third-order valence-electron chi connectivity index (χ3n) is 3.63. The van der Waals surface area contributed by atoms with Crippen molar-refractivity contribution in [1.29, 1.82) is 0 Å². The van der Waals surface area contributed by atoms with Crippen molar-refractivity contribution in [3.8, 4) is 0 Å². The number of carboxylic acids is 1. The normalized spacial score (nSPS) is 11.7. The SMILES string of the molecule is CCn1ncc2c1ncc1c(=O)[nH]c3c(C(=O)O)cnn3c12. The molecule has 0 amide bonds. The molecule has 0 aliphatic rings. The number of rotatable bonds is 2. The maximum Gasteiger partial charge on any atom is 0.341 e. The van der Waals surface area contributed by atoms with E-state index in [9.17, 15) is 14.7 Å². The number of H-pyrrole nitrogens is 1. The van der Waals surface area contributed by atoms with Crippen LogP contribution >= 0.6 is 0 Å². The van der Waals surface area contributed by atoms with Crippen LogP contribution in [-0.2, 0) is 6.54 Å². The predicted octanol–water partition coefficient (Wildman–Crippen LogP) is 0.639. The standard InChI is InChI=1S/C13H10N6O3/c1-2-18-10-6(4-15-18)9-7(3-14-10)12(20)17-11-8(13(21)22)5-16-19(9)11/h3-5H,2H2,1H3,(H,17,20)(H,21,22). The number of hydrogen-bond acceptors (Lipinski definition) is 5. The Balaban J connectivity index is 2.30. The van der Waals surface area contributed by atoms with Crippen molar-refractivity contribution < 1.29 is 9.90 Å². The fourth-order valence-corrected chi connectivity index (χ4v) is 2.61. The minimum atomic E-state index is -1.15. The average Bonchev–Trinajstić information content (AvgIpc) is 3.09. The number of aromatic carboxylic acids is 1. The third kappa shape index (κ3) is 1.44. The molecule has 9 nitrogen and oxygen atoms in total. The van der Waals surface area contributed by atoms with Crippen molar-refractivity contribution >= 4 is 33.6 Å². The lowest BCUT2D eigenvalue weighted by molar-refractivity contribution is 0.0699. The first-order valence-corrected chi connectivity index (χ1v) is 6.59. The van der Waals surface area contributed by atoms with Crippen LogP contribution in [0.2, 0.25) is 0 Å². The zero-order valence-corrected chi connectivity index (χ0v) is 11.4. The molecule has 0 saturated carbocycles. The summed E-state index contributed by atoms with van der Waals surface area (Å²) in [6.45, 7) is 2.57. The van der Waals surface area contributed by atoms with Gasteiger partial charge < -0.3 is 10.1 Å². The molecule has 0 saturated heterocycles. The van der Waals surface area contributed by atoms with Crippen molar-refractivity contribution in [1.82, 2.24) is 29.4 Å². The molecule has 0 aromatic carbocycles. The molecule has 0 radical (unpaired) electrons. The number of carboxylic acid groups (broad SMARTS) is 1. The Labute approximate surface area is 121 Å². The fourth-order valence-electron chi connectivity index (χ4n) is 2.61. The van der Waals surface area contributed by atoms with E-state index in [1.807, 2.05) is 6.92 Å². The molecule has 110 valence electrons. The molecule has 9 heteroatoms. The largest absolute Gasteiger partial charge is 0.477 e. The highest BCUT2D eigenvalue weighted by Crippen LogP contribution is 2.22. The second kappa shape index (κ2) is 4.13. The summed E-state index contributed by atoms with van der Waals surface area (Å²) in [5.74, 6) is -1.15. The first-order valence-electron chi connectivity index (χ1n) is 6.59. The molecule has 0 aliphatic carbocycles. The van der Waals surface area contributed by atoms with Crippen LogP contribution in [0.1, 0.15) is 17.3 Å². The van der Waals surface area contributed by atoms with Gasteiger partial charge in [-0.1, -0.05) is 0 Å². The lowest BCUT2D eigenvalue weighted by atomic mass is 10.2. The molecule has 0 unspecified atom stereocenters. The van der Waals surface area contributed by atoms with E-state index < -0.39 is 11.5 Å². The van der Waals surface area contributed by atoms with Gasteiger partial charge in [0.15, 0.2) is 11.3 Å². The van der Waals surface area contributed by atoms with Gasteiger partial charge in [-0.15, -0.1) is 0 Å². The number of fused-ring (bicyclic) bond motifs is 5. The van der Waals surface area contributed by atoms with Crippen LogP contribution in [0.4, 0.5) is 0 Å². The van der Waals surface area contributed by atoms with E-state index in [0.717, 1.165) is 0 Å². The van der Waals surface area contributed by atoms with Gasteiger partial charge in [-0.05, 0) is 6.92 Å². The van der Waals surface area contributed by atoms with Crippen molar-refractivity contribution in [2.24, 2.45) is 0 Å². The number of nitrogens with zero attached hydrogens (tertiary/aromatic N) is 5. The number of pyridine rings is 1. The van der Waals surface area contributed by atoms with Gasteiger partial charge in [-0.3, -0.25) is 4.79 Å².